The van der Waals surface area contributed by atoms with Gasteiger partial charge >= 0.3 is 0 Å². The van der Waals surface area contributed by atoms with Gasteiger partial charge in [0.15, 0.2) is 0 Å². The largest absolute Gasteiger partial charge is 0.207 e. The highest BCUT2D eigenvalue weighted by Gasteiger charge is 2.06. The van der Waals surface area contributed by atoms with Gasteiger partial charge in [0.05, 0.1) is 5.02 Å². The first-order chi connectivity index (χ1) is 7.58. The second-order valence-electron chi connectivity index (χ2n) is 3.59. The van der Waals surface area contributed by atoms with Crippen molar-refractivity contribution in [1.82, 2.24) is 0 Å². The number of rotatable bonds is 1. The molecular weight excluding hydrogens is 230 g/mol. The van der Waals surface area contributed by atoms with Gasteiger partial charge in [0.25, 0.3) is 0 Å². The highest BCUT2D eigenvalue weighted by Crippen LogP contribution is 2.27. The average Bonchev–Trinajstić information content (AvgIpc) is 2.26. The van der Waals surface area contributed by atoms with Gasteiger partial charge in [-0.3, -0.25) is 0 Å². The number of benzene rings is 2. The molecule has 0 spiro atoms. The van der Waals surface area contributed by atoms with Crippen LogP contribution < -0.4 is 0 Å². The van der Waals surface area contributed by atoms with Crippen molar-refractivity contribution < 1.29 is 8.78 Å². The van der Waals surface area contributed by atoms with E-state index in [9.17, 15) is 8.78 Å². The van der Waals surface area contributed by atoms with Crippen LogP contribution in [0.2, 0.25) is 5.02 Å². The van der Waals surface area contributed by atoms with Crippen molar-refractivity contribution >= 4 is 11.6 Å². The molecule has 0 aliphatic heterocycles. The molecule has 0 saturated carbocycles. The lowest BCUT2D eigenvalue weighted by atomic mass is 10.0. The lowest BCUT2D eigenvalue weighted by Crippen LogP contribution is -1.86. The van der Waals surface area contributed by atoms with Crippen LogP contribution in [0.5, 0.6) is 0 Å². The van der Waals surface area contributed by atoms with Gasteiger partial charge < -0.3 is 0 Å². The Morgan fingerprint density at radius 1 is 1.00 bits per heavy atom. The van der Waals surface area contributed by atoms with Crippen molar-refractivity contribution in [3.63, 3.8) is 0 Å². The first-order valence-corrected chi connectivity index (χ1v) is 5.17. The molecule has 0 aromatic heterocycles. The maximum atomic E-state index is 13.1. The van der Waals surface area contributed by atoms with E-state index in [1.807, 2.05) is 6.92 Å². The van der Waals surface area contributed by atoms with Crippen LogP contribution in [-0.4, -0.2) is 0 Å². The van der Waals surface area contributed by atoms with Gasteiger partial charge in [-0.05, 0) is 47.9 Å². The third-order valence-electron chi connectivity index (χ3n) is 2.43. The fourth-order valence-electron chi connectivity index (χ4n) is 1.57. The van der Waals surface area contributed by atoms with E-state index in [1.54, 1.807) is 12.1 Å². The van der Waals surface area contributed by atoms with Crippen LogP contribution in [0.15, 0.2) is 36.4 Å². The molecule has 2 rings (SSSR count). The molecule has 2 aromatic rings. The SMILES string of the molecule is Cc1ccc(F)cc1-c1ccc(F)c(Cl)c1. The number of halogens is 3. The van der Waals surface area contributed by atoms with E-state index < -0.39 is 5.82 Å². The summed E-state index contributed by atoms with van der Waals surface area (Å²) in [5.74, 6) is -0.791. The molecule has 0 N–H and O–H groups in total. The summed E-state index contributed by atoms with van der Waals surface area (Å²) in [5.41, 5.74) is 2.36. The van der Waals surface area contributed by atoms with Crippen molar-refractivity contribution in [2.24, 2.45) is 0 Å². The van der Waals surface area contributed by atoms with Gasteiger partial charge in [-0.25, -0.2) is 8.78 Å². The van der Waals surface area contributed by atoms with Crippen molar-refractivity contribution in [2.75, 3.05) is 0 Å². The molecule has 0 nitrogen and oxygen atoms in total. The quantitative estimate of drug-likeness (QED) is 0.682. The van der Waals surface area contributed by atoms with Gasteiger partial charge in [-0.15, -0.1) is 0 Å². The van der Waals surface area contributed by atoms with Crippen LogP contribution in [0.1, 0.15) is 5.56 Å². The summed E-state index contributed by atoms with van der Waals surface area (Å²) in [4.78, 5) is 0. The number of hydrogen-bond donors (Lipinski definition) is 0. The van der Waals surface area contributed by atoms with Crippen molar-refractivity contribution in [2.45, 2.75) is 6.92 Å². The van der Waals surface area contributed by atoms with E-state index in [4.69, 9.17) is 11.6 Å². The lowest BCUT2D eigenvalue weighted by molar-refractivity contribution is 0.627. The number of aryl methyl sites for hydroxylation is 1. The maximum absolute atomic E-state index is 13.1. The second kappa shape index (κ2) is 4.22. The molecule has 2 aromatic carbocycles. The highest BCUT2D eigenvalue weighted by molar-refractivity contribution is 6.31. The zero-order chi connectivity index (χ0) is 11.7. The normalized spacial score (nSPS) is 10.5. The first kappa shape index (κ1) is 11.1. The predicted molar refractivity (Wildman–Crippen MR) is 61.5 cm³/mol. The van der Waals surface area contributed by atoms with E-state index in [0.29, 0.717) is 5.56 Å². The van der Waals surface area contributed by atoms with Crippen LogP contribution in [0.25, 0.3) is 11.1 Å². The third-order valence-corrected chi connectivity index (χ3v) is 2.72. The molecule has 0 unspecified atom stereocenters. The molecule has 3 heteroatoms. The minimum atomic E-state index is -0.473. The van der Waals surface area contributed by atoms with Crippen LogP contribution >= 0.6 is 11.6 Å². The molecule has 16 heavy (non-hydrogen) atoms. The van der Waals surface area contributed by atoms with Gasteiger partial charge in [-0.1, -0.05) is 23.7 Å². The summed E-state index contributed by atoms with van der Waals surface area (Å²) < 4.78 is 26.1. The van der Waals surface area contributed by atoms with Crippen LogP contribution in [0, 0.1) is 18.6 Å². The standard InChI is InChI=1S/C13H9ClF2/c1-8-2-4-10(15)7-11(8)9-3-5-13(16)12(14)6-9/h2-7H,1H3. The first-order valence-electron chi connectivity index (χ1n) is 4.79. The van der Waals surface area contributed by atoms with Crippen LogP contribution in [0.4, 0.5) is 8.78 Å². The molecule has 0 bridgehead atoms. The topological polar surface area (TPSA) is 0 Å². The maximum Gasteiger partial charge on any atom is 0.141 e. The Hall–Kier alpha value is -1.41. The molecular formula is C13H9ClF2. The van der Waals surface area contributed by atoms with E-state index in [2.05, 4.69) is 0 Å². The van der Waals surface area contributed by atoms with Gasteiger partial charge in [0.2, 0.25) is 0 Å². The van der Waals surface area contributed by atoms with Gasteiger partial charge in [-0.2, -0.15) is 0 Å². The number of hydrogen-bond acceptors (Lipinski definition) is 0. The Bertz CT molecular complexity index is 535. The van der Waals surface area contributed by atoms with E-state index >= 15 is 0 Å². The van der Waals surface area contributed by atoms with E-state index in [-0.39, 0.29) is 10.8 Å². The minimum absolute atomic E-state index is 0.0427. The highest BCUT2D eigenvalue weighted by atomic mass is 35.5. The average molecular weight is 239 g/mol. The zero-order valence-corrected chi connectivity index (χ0v) is 9.35. The van der Waals surface area contributed by atoms with E-state index in [1.165, 1.54) is 24.3 Å². The summed E-state index contributed by atoms with van der Waals surface area (Å²) in [5, 5.41) is 0.0427. The Kier molecular flexibility index (Phi) is 2.92. The Morgan fingerprint density at radius 3 is 2.44 bits per heavy atom. The molecule has 0 fully saturated rings. The monoisotopic (exact) mass is 238 g/mol. The summed E-state index contributed by atoms with van der Waals surface area (Å²) in [6.07, 6.45) is 0. The third kappa shape index (κ3) is 2.07. The summed E-state index contributed by atoms with van der Waals surface area (Å²) in [6.45, 7) is 1.87. The summed E-state index contributed by atoms with van der Waals surface area (Å²) in [6, 6.07) is 8.86. The van der Waals surface area contributed by atoms with Crippen LogP contribution in [0.3, 0.4) is 0 Å². The minimum Gasteiger partial charge on any atom is -0.207 e. The predicted octanol–water partition coefficient (Wildman–Crippen LogP) is 4.59. The molecule has 0 saturated heterocycles. The lowest BCUT2D eigenvalue weighted by Gasteiger charge is -2.07. The fourth-order valence-corrected chi connectivity index (χ4v) is 1.75. The molecule has 0 radical (unpaired) electrons. The molecule has 0 aliphatic rings. The Balaban J connectivity index is 2.58. The molecule has 0 aliphatic carbocycles. The van der Waals surface area contributed by atoms with Crippen LogP contribution in [-0.2, 0) is 0 Å². The summed E-state index contributed by atoms with van der Waals surface area (Å²) in [7, 11) is 0. The van der Waals surface area contributed by atoms with Gasteiger partial charge in [0.1, 0.15) is 11.6 Å². The Labute approximate surface area is 97.5 Å². The smallest absolute Gasteiger partial charge is 0.141 e. The molecule has 0 amide bonds. The van der Waals surface area contributed by atoms with Crippen molar-refractivity contribution in [3.8, 4) is 11.1 Å². The zero-order valence-electron chi connectivity index (χ0n) is 8.60. The van der Waals surface area contributed by atoms with Crippen molar-refractivity contribution in [3.05, 3.63) is 58.6 Å². The fraction of sp³-hybridized carbons (Fsp3) is 0.0769. The van der Waals surface area contributed by atoms with Gasteiger partial charge in [0, 0.05) is 0 Å². The molecule has 82 valence electrons. The van der Waals surface area contributed by atoms with Crippen molar-refractivity contribution in [1.29, 1.82) is 0 Å². The summed E-state index contributed by atoms with van der Waals surface area (Å²) >= 11 is 5.69. The van der Waals surface area contributed by atoms with E-state index in [0.717, 1.165) is 11.1 Å². The molecule has 0 atom stereocenters. The molecule has 0 heterocycles. The Morgan fingerprint density at radius 2 is 1.75 bits per heavy atom. The second-order valence-corrected chi connectivity index (χ2v) is 4.00.